The van der Waals surface area contributed by atoms with Gasteiger partial charge in [0.05, 0.1) is 0 Å². The minimum Gasteiger partial charge on any atom is -0.453 e. The Kier molecular flexibility index (Phi) is 6.32. The van der Waals surface area contributed by atoms with Crippen molar-refractivity contribution in [1.29, 1.82) is 0 Å². The fourth-order valence-corrected chi connectivity index (χ4v) is 2.03. The van der Waals surface area contributed by atoms with E-state index < -0.39 is 24.6 Å². The third kappa shape index (κ3) is 5.56. The molecule has 0 fully saturated rings. The SMILES string of the molecule is O=C(COC(=O)[C@@H](O)c1ccccc1)NCCc1ccccc1. The number of carbonyl (C=O) groups excluding carboxylic acids is 2. The predicted octanol–water partition coefficient (Wildman–Crippen LogP) is 1.62. The van der Waals surface area contributed by atoms with E-state index in [4.69, 9.17) is 4.74 Å². The number of ether oxygens (including phenoxy) is 1. The Morgan fingerprint density at radius 3 is 2.26 bits per heavy atom. The number of benzene rings is 2. The Morgan fingerprint density at radius 1 is 1.00 bits per heavy atom. The fraction of sp³-hybridized carbons (Fsp3) is 0.222. The molecule has 0 spiro atoms. The summed E-state index contributed by atoms with van der Waals surface area (Å²) in [7, 11) is 0. The number of esters is 1. The van der Waals surface area contributed by atoms with Gasteiger partial charge in [-0.3, -0.25) is 4.79 Å². The zero-order valence-electron chi connectivity index (χ0n) is 12.6. The second-order valence-electron chi connectivity index (χ2n) is 5.01. The van der Waals surface area contributed by atoms with Crippen molar-refractivity contribution in [2.75, 3.05) is 13.2 Å². The zero-order chi connectivity index (χ0) is 16.5. The molecule has 0 aliphatic carbocycles. The van der Waals surface area contributed by atoms with Crippen molar-refractivity contribution in [2.45, 2.75) is 12.5 Å². The molecule has 0 unspecified atom stereocenters. The molecule has 5 heteroatoms. The number of carbonyl (C=O) groups is 2. The Hall–Kier alpha value is -2.66. The Labute approximate surface area is 134 Å². The molecular weight excluding hydrogens is 294 g/mol. The highest BCUT2D eigenvalue weighted by molar-refractivity contribution is 5.82. The van der Waals surface area contributed by atoms with E-state index in [1.54, 1.807) is 30.3 Å². The van der Waals surface area contributed by atoms with Crippen LogP contribution in [0, 0.1) is 0 Å². The third-order valence-corrected chi connectivity index (χ3v) is 3.26. The van der Waals surface area contributed by atoms with Crippen LogP contribution >= 0.6 is 0 Å². The summed E-state index contributed by atoms with van der Waals surface area (Å²) in [6.45, 7) is 0.0547. The van der Waals surface area contributed by atoms with Crippen molar-refractivity contribution >= 4 is 11.9 Å². The van der Waals surface area contributed by atoms with Crippen molar-refractivity contribution in [3.8, 4) is 0 Å². The Bertz CT molecular complexity index is 628. The van der Waals surface area contributed by atoms with Crippen LogP contribution in [0.3, 0.4) is 0 Å². The van der Waals surface area contributed by atoms with Crippen molar-refractivity contribution in [2.24, 2.45) is 0 Å². The summed E-state index contributed by atoms with van der Waals surface area (Å²) in [6.07, 6.45) is -0.680. The summed E-state index contributed by atoms with van der Waals surface area (Å²) >= 11 is 0. The Balaban J connectivity index is 1.68. The second-order valence-corrected chi connectivity index (χ2v) is 5.01. The van der Waals surface area contributed by atoms with Crippen LogP contribution in [-0.4, -0.2) is 30.1 Å². The van der Waals surface area contributed by atoms with Gasteiger partial charge in [-0.1, -0.05) is 60.7 Å². The number of rotatable bonds is 7. The van der Waals surface area contributed by atoms with Crippen LogP contribution in [0.15, 0.2) is 60.7 Å². The number of aliphatic hydroxyl groups excluding tert-OH is 1. The molecule has 1 atom stereocenters. The standard InChI is InChI=1S/C18H19NO4/c20-16(19-12-11-14-7-3-1-4-8-14)13-23-18(22)17(21)15-9-5-2-6-10-15/h1-10,17,21H,11-13H2,(H,19,20)/t17-/m0/s1. The van der Waals surface area contributed by atoms with Crippen LogP contribution in [0.1, 0.15) is 17.2 Å². The van der Waals surface area contributed by atoms with Crippen molar-refractivity contribution in [3.63, 3.8) is 0 Å². The van der Waals surface area contributed by atoms with Crippen LogP contribution in [0.4, 0.5) is 0 Å². The number of nitrogens with one attached hydrogen (secondary N) is 1. The molecule has 0 saturated carbocycles. The highest BCUT2D eigenvalue weighted by Crippen LogP contribution is 2.13. The fourth-order valence-electron chi connectivity index (χ4n) is 2.03. The average molecular weight is 313 g/mol. The normalized spacial score (nSPS) is 11.5. The van der Waals surface area contributed by atoms with Gasteiger partial charge < -0.3 is 15.2 Å². The highest BCUT2D eigenvalue weighted by atomic mass is 16.5. The number of aliphatic hydroxyl groups is 1. The molecule has 120 valence electrons. The molecule has 23 heavy (non-hydrogen) atoms. The van der Waals surface area contributed by atoms with E-state index in [2.05, 4.69) is 5.32 Å². The first-order valence-electron chi connectivity index (χ1n) is 7.37. The van der Waals surface area contributed by atoms with Crippen LogP contribution < -0.4 is 5.32 Å². The lowest BCUT2D eigenvalue weighted by Crippen LogP contribution is -2.31. The van der Waals surface area contributed by atoms with Gasteiger partial charge in [-0.25, -0.2) is 4.79 Å². The average Bonchev–Trinajstić information content (AvgIpc) is 2.60. The maximum absolute atomic E-state index is 11.7. The molecule has 2 aromatic carbocycles. The van der Waals surface area contributed by atoms with Gasteiger partial charge in [-0.15, -0.1) is 0 Å². The van der Waals surface area contributed by atoms with Gasteiger partial charge in [0.15, 0.2) is 12.7 Å². The number of hydrogen-bond donors (Lipinski definition) is 2. The first-order valence-corrected chi connectivity index (χ1v) is 7.37. The first kappa shape index (κ1) is 16.7. The molecule has 0 radical (unpaired) electrons. The summed E-state index contributed by atoms with van der Waals surface area (Å²) in [5.74, 6) is -1.23. The van der Waals surface area contributed by atoms with Gasteiger partial charge in [-0.05, 0) is 17.5 Å². The molecule has 0 aromatic heterocycles. The maximum atomic E-state index is 11.7. The molecular formula is C18H19NO4. The van der Waals surface area contributed by atoms with E-state index in [1.165, 1.54) is 0 Å². The van der Waals surface area contributed by atoms with E-state index in [9.17, 15) is 14.7 Å². The van der Waals surface area contributed by atoms with Crippen molar-refractivity contribution < 1.29 is 19.4 Å². The molecule has 0 saturated heterocycles. The van der Waals surface area contributed by atoms with E-state index in [0.29, 0.717) is 18.5 Å². The first-order chi connectivity index (χ1) is 11.2. The Morgan fingerprint density at radius 2 is 1.61 bits per heavy atom. The topological polar surface area (TPSA) is 75.6 Å². The van der Waals surface area contributed by atoms with Crippen molar-refractivity contribution in [1.82, 2.24) is 5.32 Å². The van der Waals surface area contributed by atoms with E-state index >= 15 is 0 Å². The molecule has 0 aliphatic heterocycles. The summed E-state index contributed by atoms with van der Waals surface area (Å²) in [5, 5.41) is 12.5. The molecule has 0 aliphatic rings. The lowest BCUT2D eigenvalue weighted by molar-refractivity contribution is -0.157. The maximum Gasteiger partial charge on any atom is 0.340 e. The quantitative estimate of drug-likeness (QED) is 0.762. The third-order valence-electron chi connectivity index (χ3n) is 3.26. The van der Waals surface area contributed by atoms with Crippen LogP contribution in [0.5, 0.6) is 0 Å². The highest BCUT2D eigenvalue weighted by Gasteiger charge is 2.19. The summed E-state index contributed by atoms with van der Waals surface area (Å²) in [6, 6.07) is 18.2. The van der Waals surface area contributed by atoms with E-state index in [1.807, 2.05) is 30.3 Å². The molecule has 5 nitrogen and oxygen atoms in total. The number of amides is 1. The minimum absolute atomic E-state index is 0.394. The lowest BCUT2D eigenvalue weighted by Gasteiger charge is -2.11. The van der Waals surface area contributed by atoms with Crippen LogP contribution in [0.25, 0.3) is 0 Å². The van der Waals surface area contributed by atoms with Crippen molar-refractivity contribution in [3.05, 3.63) is 71.8 Å². The monoisotopic (exact) mass is 313 g/mol. The van der Waals surface area contributed by atoms with Gasteiger partial charge in [0, 0.05) is 6.54 Å². The largest absolute Gasteiger partial charge is 0.453 e. The van der Waals surface area contributed by atoms with E-state index in [-0.39, 0.29) is 0 Å². The molecule has 2 aromatic rings. The van der Waals surface area contributed by atoms with Gasteiger partial charge >= 0.3 is 5.97 Å². The van der Waals surface area contributed by atoms with Gasteiger partial charge in [0.1, 0.15) is 0 Å². The van der Waals surface area contributed by atoms with Crippen LogP contribution in [-0.2, 0) is 20.7 Å². The lowest BCUT2D eigenvalue weighted by atomic mass is 10.1. The summed E-state index contributed by atoms with van der Waals surface area (Å²) in [4.78, 5) is 23.3. The minimum atomic E-state index is -1.38. The van der Waals surface area contributed by atoms with Gasteiger partial charge in [0.25, 0.3) is 5.91 Å². The van der Waals surface area contributed by atoms with E-state index in [0.717, 1.165) is 5.56 Å². The molecule has 0 heterocycles. The smallest absolute Gasteiger partial charge is 0.340 e. The number of hydrogen-bond acceptors (Lipinski definition) is 4. The molecule has 1 amide bonds. The van der Waals surface area contributed by atoms with Crippen LogP contribution in [0.2, 0.25) is 0 Å². The molecule has 0 bridgehead atoms. The summed E-state index contributed by atoms with van der Waals surface area (Å²) < 4.78 is 4.82. The predicted molar refractivity (Wildman–Crippen MR) is 85.5 cm³/mol. The molecule has 2 N–H and O–H groups in total. The van der Waals surface area contributed by atoms with Gasteiger partial charge in [-0.2, -0.15) is 0 Å². The molecule has 2 rings (SSSR count). The van der Waals surface area contributed by atoms with Gasteiger partial charge in [0.2, 0.25) is 0 Å². The zero-order valence-corrected chi connectivity index (χ0v) is 12.6. The second kappa shape index (κ2) is 8.70. The summed E-state index contributed by atoms with van der Waals surface area (Å²) in [5.41, 5.74) is 1.55.